The van der Waals surface area contributed by atoms with E-state index in [-0.39, 0.29) is 6.03 Å². The third kappa shape index (κ3) is 2.75. The number of hydrogen-bond acceptors (Lipinski definition) is 2. The number of nitrogens with zero attached hydrogens (tertiary/aromatic N) is 1. The number of fused-ring (bicyclic) bond motifs is 1. The van der Waals surface area contributed by atoms with Crippen LogP contribution in [0.15, 0.2) is 42.5 Å². The average molecular weight is 270 g/mol. The van der Waals surface area contributed by atoms with E-state index in [9.17, 15) is 4.79 Å². The highest BCUT2D eigenvalue weighted by molar-refractivity contribution is 5.86. The van der Waals surface area contributed by atoms with Gasteiger partial charge in [0.25, 0.3) is 0 Å². The maximum atomic E-state index is 12.1. The molecule has 4 nitrogen and oxygen atoms in total. The number of urea groups is 1. The molecule has 0 aromatic heterocycles. The second-order valence-corrected chi connectivity index (χ2v) is 4.90. The zero-order valence-electron chi connectivity index (χ0n) is 11.3. The van der Waals surface area contributed by atoms with Crippen molar-refractivity contribution >= 4 is 16.8 Å². The van der Waals surface area contributed by atoms with Gasteiger partial charge in [-0.2, -0.15) is 0 Å². The van der Waals surface area contributed by atoms with Gasteiger partial charge in [-0.1, -0.05) is 42.5 Å². The van der Waals surface area contributed by atoms with Gasteiger partial charge in [0.1, 0.15) is 0 Å². The molecule has 0 unspecified atom stereocenters. The van der Waals surface area contributed by atoms with Gasteiger partial charge in [-0.3, -0.25) is 0 Å². The molecule has 2 amide bonds. The van der Waals surface area contributed by atoms with Crippen molar-refractivity contribution < 1.29 is 9.53 Å². The van der Waals surface area contributed by atoms with Crippen LogP contribution in [0.2, 0.25) is 0 Å². The summed E-state index contributed by atoms with van der Waals surface area (Å²) >= 11 is 0. The lowest BCUT2D eigenvalue weighted by molar-refractivity contribution is 0.0531. The van der Waals surface area contributed by atoms with Crippen molar-refractivity contribution in [2.75, 3.05) is 26.3 Å². The smallest absolute Gasteiger partial charge is 0.317 e. The van der Waals surface area contributed by atoms with Crippen LogP contribution in [0.25, 0.3) is 10.8 Å². The van der Waals surface area contributed by atoms with E-state index in [4.69, 9.17) is 4.74 Å². The van der Waals surface area contributed by atoms with E-state index in [1.807, 2.05) is 18.2 Å². The molecule has 20 heavy (non-hydrogen) atoms. The van der Waals surface area contributed by atoms with Gasteiger partial charge in [-0.25, -0.2) is 4.79 Å². The number of carbonyl (C=O) groups excluding carboxylic acids is 1. The molecule has 0 saturated carbocycles. The molecule has 2 aromatic rings. The van der Waals surface area contributed by atoms with Crippen molar-refractivity contribution in [3.05, 3.63) is 48.0 Å². The second kappa shape index (κ2) is 5.92. The van der Waals surface area contributed by atoms with E-state index in [2.05, 4.69) is 29.6 Å². The molecule has 4 heteroatoms. The molecule has 1 heterocycles. The lowest BCUT2D eigenvalue weighted by atomic mass is 10.0. The molecule has 0 spiro atoms. The van der Waals surface area contributed by atoms with Gasteiger partial charge in [0.05, 0.1) is 13.2 Å². The van der Waals surface area contributed by atoms with Crippen molar-refractivity contribution in [1.82, 2.24) is 10.2 Å². The SMILES string of the molecule is O=C(NCc1cccc2ccccc12)N1CCOCC1. The van der Waals surface area contributed by atoms with Crippen LogP contribution < -0.4 is 5.32 Å². The van der Waals surface area contributed by atoms with Crippen LogP contribution in [0, 0.1) is 0 Å². The Hall–Kier alpha value is -2.07. The number of rotatable bonds is 2. The fraction of sp³-hybridized carbons (Fsp3) is 0.312. The topological polar surface area (TPSA) is 41.6 Å². The highest BCUT2D eigenvalue weighted by atomic mass is 16.5. The zero-order valence-corrected chi connectivity index (χ0v) is 11.3. The lowest BCUT2D eigenvalue weighted by Gasteiger charge is -2.27. The summed E-state index contributed by atoms with van der Waals surface area (Å²) in [4.78, 5) is 13.9. The first-order chi connectivity index (χ1) is 9.84. The molecule has 1 aliphatic rings. The fourth-order valence-electron chi connectivity index (χ4n) is 2.50. The van der Waals surface area contributed by atoms with Crippen molar-refractivity contribution in [2.45, 2.75) is 6.54 Å². The predicted octanol–water partition coefficient (Wildman–Crippen LogP) is 2.38. The molecule has 0 radical (unpaired) electrons. The van der Waals surface area contributed by atoms with E-state index in [0.717, 1.165) is 5.56 Å². The van der Waals surface area contributed by atoms with Gasteiger partial charge in [0.2, 0.25) is 0 Å². The third-order valence-electron chi connectivity index (χ3n) is 3.61. The number of amides is 2. The monoisotopic (exact) mass is 270 g/mol. The molecule has 104 valence electrons. The highest BCUT2D eigenvalue weighted by Gasteiger charge is 2.16. The minimum atomic E-state index is -0.0127. The first-order valence-corrected chi connectivity index (χ1v) is 6.92. The Morgan fingerprint density at radius 1 is 1.10 bits per heavy atom. The number of benzene rings is 2. The summed E-state index contributed by atoms with van der Waals surface area (Å²) in [5.74, 6) is 0. The zero-order chi connectivity index (χ0) is 13.8. The Labute approximate surface area is 118 Å². The molecule has 1 fully saturated rings. The Morgan fingerprint density at radius 2 is 1.85 bits per heavy atom. The van der Waals surface area contributed by atoms with Gasteiger partial charge < -0.3 is 15.0 Å². The van der Waals surface area contributed by atoms with Crippen molar-refractivity contribution in [1.29, 1.82) is 0 Å². The Morgan fingerprint density at radius 3 is 2.70 bits per heavy atom. The summed E-state index contributed by atoms with van der Waals surface area (Å²) in [5, 5.41) is 5.38. The summed E-state index contributed by atoms with van der Waals surface area (Å²) in [7, 11) is 0. The lowest BCUT2D eigenvalue weighted by Crippen LogP contribution is -2.45. The molecule has 0 bridgehead atoms. The van der Waals surface area contributed by atoms with Crippen molar-refractivity contribution in [3.63, 3.8) is 0 Å². The molecular formula is C16H18N2O2. The standard InChI is InChI=1S/C16H18N2O2/c19-16(18-8-10-20-11-9-18)17-12-14-6-3-5-13-4-1-2-7-15(13)14/h1-7H,8-12H2,(H,17,19). The molecule has 0 aliphatic carbocycles. The summed E-state index contributed by atoms with van der Waals surface area (Å²) in [6, 6.07) is 14.4. The van der Waals surface area contributed by atoms with Crippen LogP contribution >= 0.6 is 0 Å². The van der Waals surface area contributed by atoms with E-state index in [1.54, 1.807) is 4.90 Å². The predicted molar refractivity (Wildman–Crippen MR) is 78.6 cm³/mol. The fourth-order valence-corrected chi connectivity index (χ4v) is 2.50. The van der Waals surface area contributed by atoms with Crippen LogP contribution in [0.5, 0.6) is 0 Å². The number of ether oxygens (including phenoxy) is 1. The Bertz CT molecular complexity index is 601. The molecule has 1 aliphatic heterocycles. The van der Waals surface area contributed by atoms with Crippen LogP contribution in [-0.4, -0.2) is 37.2 Å². The largest absolute Gasteiger partial charge is 0.378 e. The summed E-state index contributed by atoms with van der Waals surface area (Å²) < 4.78 is 5.25. The summed E-state index contributed by atoms with van der Waals surface area (Å²) in [6.45, 7) is 3.14. The third-order valence-corrected chi connectivity index (χ3v) is 3.61. The normalized spacial score (nSPS) is 15.3. The number of carbonyl (C=O) groups is 1. The van der Waals surface area contributed by atoms with Crippen LogP contribution in [0.1, 0.15) is 5.56 Å². The number of hydrogen-bond donors (Lipinski definition) is 1. The van der Waals surface area contributed by atoms with Crippen molar-refractivity contribution in [3.8, 4) is 0 Å². The van der Waals surface area contributed by atoms with E-state index < -0.39 is 0 Å². The second-order valence-electron chi connectivity index (χ2n) is 4.90. The maximum absolute atomic E-state index is 12.1. The first-order valence-electron chi connectivity index (χ1n) is 6.92. The van der Waals surface area contributed by atoms with E-state index >= 15 is 0 Å². The van der Waals surface area contributed by atoms with Crippen LogP contribution in [0.3, 0.4) is 0 Å². The van der Waals surface area contributed by atoms with Gasteiger partial charge in [0, 0.05) is 19.6 Å². The number of nitrogens with one attached hydrogen (secondary N) is 1. The van der Waals surface area contributed by atoms with Crippen molar-refractivity contribution in [2.24, 2.45) is 0 Å². The quantitative estimate of drug-likeness (QED) is 0.910. The van der Waals surface area contributed by atoms with Crippen LogP contribution in [0.4, 0.5) is 4.79 Å². The summed E-state index contributed by atoms with van der Waals surface area (Å²) in [5.41, 5.74) is 1.14. The summed E-state index contributed by atoms with van der Waals surface area (Å²) in [6.07, 6.45) is 0. The van der Waals surface area contributed by atoms with Gasteiger partial charge in [-0.05, 0) is 16.3 Å². The average Bonchev–Trinajstić information content (AvgIpc) is 2.53. The molecule has 0 atom stereocenters. The molecule has 1 N–H and O–H groups in total. The molecule has 2 aromatic carbocycles. The maximum Gasteiger partial charge on any atom is 0.317 e. The first kappa shape index (κ1) is 12.9. The van der Waals surface area contributed by atoms with Gasteiger partial charge in [0.15, 0.2) is 0 Å². The Balaban J connectivity index is 1.69. The molecule has 3 rings (SSSR count). The van der Waals surface area contributed by atoms with E-state index in [0.29, 0.717) is 32.8 Å². The molecule has 1 saturated heterocycles. The van der Waals surface area contributed by atoms with Gasteiger partial charge >= 0.3 is 6.03 Å². The van der Waals surface area contributed by atoms with Gasteiger partial charge in [-0.15, -0.1) is 0 Å². The Kier molecular flexibility index (Phi) is 3.83. The minimum Gasteiger partial charge on any atom is -0.378 e. The molecular weight excluding hydrogens is 252 g/mol. The highest BCUT2D eigenvalue weighted by Crippen LogP contribution is 2.18. The minimum absolute atomic E-state index is 0.0127. The van der Waals surface area contributed by atoms with E-state index in [1.165, 1.54) is 10.8 Å². The van der Waals surface area contributed by atoms with Crippen LogP contribution in [-0.2, 0) is 11.3 Å². The number of morpholine rings is 1.